The van der Waals surface area contributed by atoms with E-state index in [1.54, 1.807) is 12.1 Å². The summed E-state index contributed by atoms with van der Waals surface area (Å²) in [6.07, 6.45) is 0. The smallest absolute Gasteiger partial charge is 0.0731 e. The number of halogens is 2. The van der Waals surface area contributed by atoms with Gasteiger partial charge in [-0.15, -0.1) is 0 Å². The second-order valence-electron chi connectivity index (χ2n) is 4.55. The lowest BCUT2D eigenvalue weighted by Gasteiger charge is -2.21. The summed E-state index contributed by atoms with van der Waals surface area (Å²) in [5.74, 6) is 0. The first-order chi connectivity index (χ1) is 7.44. The number of rotatable bonds is 5. The first kappa shape index (κ1) is 13.8. The van der Waals surface area contributed by atoms with E-state index in [0.717, 1.165) is 5.56 Å². The van der Waals surface area contributed by atoms with Crippen LogP contribution in [0.3, 0.4) is 0 Å². The van der Waals surface area contributed by atoms with Gasteiger partial charge in [-0.05, 0) is 17.7 Å². The summed E-state index contributed by atoms with van der Waals surface area (Å²) in [7, 11) is 0. The molecule has 0 spiro atoms. The molecule has 0 atom stereocenters. The average molecular weight is 263 g/mol. The van der Waals surface area contributed by atoms with Crippen molar-refractivity contribution < 1.29 is 9.84 Å². The zero-order valence-corrected chi connectivity index (χ0v) is 11.0. The van der Waals surface area contributed by atoms with Crippen LogP contribution in [0.25, 0.3) is 0 Å². The lowest BCUT2D eigenvalue weighted by atomic mass is 9.97. The zero-order chi connectivity index (χ0) is 12.2. The van der Waals surface area contributed by atoms with E-state index in [9.17, 15) is 0 Å². The monoisotopic (exact) mass is 262 g/mol. The third-order valence-corrected chi connectivity index (χ3v) is 2.78. The molecule has 0 aliphatic heterocycles. The number of ether oxygens (including phenoxy) is 1. The van der Waals surface area contributed by atoms with Crippen LogP contribution in [0.15, 0.2) is 18.2 Å². The molecule has 0 unspecified atom stereocenters. The zero-order valence-electron chi connectivity index (χ0n) is 9.46. The maximum absolute atomic E-state index is 9.06. The van der Waals surface area contributed by atoms with Crippen LogP contribution in [0.5, 0.6) is 0 Å². The quantitative estimate of drug-likeness (QED) is 0.880. The van der Waals surface area contributed by atoms with E-state index in [-0.39, 0.29) is 12.0 Å². The predicted molar refractivity (Wildman–Crippen MR) is 67.0 cm³/mol. The molecule has 0 radical (unpaired) electrons. The van der Waals surface area contributed by atoms with E-state index < -0.39 is 0 Å². The molecule has 0 fully saturated rings. The minimum absolute atomic E-state index is 0.0986. The molecule has 1 aromatic rings. The summed E-state index contributed by atoms with van der Waals surface area (Å²) in [6.45, 7) is 4.90. The summed E-state index contributed by atoms with van der Waals surface area (Å²) < 4.78 is 5.51. The largest absolute Gasteiger partial charge is 0.396 e. The Kier molecular flexibility index (Phi) is 5.06. The Bertz CT molecular complexity index is 351. The third kappa shape index (κ3) is 4.30. The lowest BCUT2D eigenvalue weighted by Crippen LogP contribution is -2.23. The van der Waals surface area contributed by atoms with Crippen LogP contribution in [0.2, 0.25) is 10.0 Å². The minimum atomic E-state index is -0.223. The molecule has 0 saturated carbocycles. The molecule has 0 aromatic heterocycles. The summed E-state index contributed by atoms with van der Waals surface area (Å²) in [5, 5.41) is 10.3. The van der Waals surface area contributed by atoms with Gasteiger partial charge in [-0.25, -0.2) is 0 Å². The van der Waals surface area contributed by atoms with Crippen LogP contribution in [0, 0.1) is 5.41 Å². The maximum Gasteiger partial charge on any atom is 0.0731 e. The molecule has 90 valence electrons. The molecule has 0 aliphatic rings. The van der Waals surface area contributed by atoms with Crippen LogP contribution in [-0.4, -0.2) is 18.3 Å². The van der Waals surface area contributed by atoms with Crippen molar-refractivity contribution in [1.29, 1.82) is 0 Å². The van der Waals surface area contributed by atoms with E-state index in [2.05, 4.69) is 0 Å². The van der Waals surface area contributed by atoms with Crippen molar-refractivity contribution in [2.75, 3.05) is 13.2 Å². The molecule has 16 heavy (non-hydrogen) atoms. The number of hydrogen-bond donors (Lipinski definition) is 1. The Morgan fingerprint density at radius 2 is 2.00 bits per heavy atom. The van der Waals surface area contributed by atoms with Crippen molar-refractivity contribution in [2.24, 2.45) is 5.41 Å². The summed E-state index contributed by atoms with van der Waals surface area (Å²) >= 11 is 11.8. The molecule has 1 rings (SSSR count). The second-order valence-corrected chi connectivity index (χ2v) is 5.39. The second kappa shape index (κ2) is 5.87. The van der Waals surface area contributed by atoms with Crippen molar-refractivity contribution in [1.82, 2.24) is 0 Å². The van der Waals surface area contributed by atoms with Gasteiger partial charge in [0.25, 0.3) is 0 Å². The topological polar surface area (TPSA) is 29.5 Å². The van der Waals surface area contributed by atoms with Crippen LogP contribution < -0.4 is 0 Å². The van der Waals surface area contributed by atoms with Gasteiger partial charge >= 0.3 is 0 Å². The van der Waals surface area contributed by atoms with Gasteiger partial charge in [0, 0.05) is 15.5 Å². The fourth-order valence-corrected chi connectivity index (χ4v) is 1.58. The maximum atomic E-state index is 9.06. The van der Waals surface area contributed by atoms with Gasteiger partial charge in [-0.2, -0.15) is 0 Å². The van der Waals surface area contributed by atoms with Gasteiger partial charge in [0.05, 0.1) is 19.8 Å². The van der Waals surface area contributed by atoms with E-state index in [1.807, 2.05) is 19.9 Å². The minimum Gasteiger partial charge on any atom is -0.396 e. The van der Waals surface area contributed by atoms with Crippen molar-refractivity contribution in [2.45, 2.75) is 20.5 Å². The number of aliphatic hydroxyl groups is 1. The van der Waals surface area contributed by atoms with Gasteiger partial charge in [-0.3, -0.25) is 0 Å². The van der Waals surface area contributed by atoms with Crippen LogP contribution >= 0.6 is 23.2 Å². The van der Waals surface area contributed by atoms with Gasteiger partial charge < -0.3 is 9.84 Å². The van der Waals surface area contributed by atoms with E-state index in [4.69, 9.17) is 33.0 Å². The molecule has 2 nitrogen and oxygen atoms in total. The number of benzene rings is 1. The molecule has 0 saturated heterocycles. The first-order valence-electron chi connectivity index (χ1n) is 5.07. The lowest BCUT2D eigenvalue weighted by molar-refractivity contribution is 0.0198. The summed E-state index contributed by atoms with van der Waals surface area (Å²) in [4.78, 5) is 0. The predicted octanol–water partition coefficient (Wildman–Crippen LogP) is 3.53. The van der Waals surface area contributed by atoms with E-state index >= 15 is 0 Å². The highest BCUT2D eigenvalue weighted by Crippen LogP contribution is 2.22. The van der Waals surface area contributed by atoms with E-state index in [1.165, 1.54) is 0 Å². The number of aliphatic hydroxyl groups excluding tert-OH is 1. The van der Waals surface area contributed by atoms with Gasteiger partial charge in [0.1, 0.15) is 0 Å². The van der Waals surface area contributed by atoms with Crippen molar-refractivity contribution in [3.05, 3.63) is 33.8 Å². The number of hydrogen-bond acceptors (Lipinski definition) is 2. The molecule has 0 bridgehead atoms. The Hall–Kier alpha value is -0.280. The van der Waals surface area contributed by atoms with Crippen LogP contribution in [-0.2, 0) is 11.3 Å². The highest BCUT2D eigenvalue weighted by atomic mass is 35.5. The van der Waals surface area contributed by atoms with Crippen LogP contribution in [0.4, 0.5) is 0 Å². The van der Waals surface area contributed by atoms with Gasteiger partial charge in [0.2, 0.25) is 0 Å². The highest BCUT2D eigenvalue weighted by molar-refractivity contribution is 6.35. The standard InChI is InChI=1S/C12H16Cl2O2/c1-12(2,7-15)8-16-6-9-3-4-10(13)5-11(9)14/h3-5,15H,6-8H2,1-2H3. The first-order valence-corrected chi connectivity index (χ1v) is 5.83. The molecular formula is C12H16Cl2O2. The Morgan fingerprint density at radius 1 is 1.31 bits per heavy atom. The highest BCUT2D eigenvalue weighted by Gasteiger charge is 2.16. The van der Waals surface area contributed by atoms with Gasteiger partial charge in [-0.1, -0.05) is 43.1 Å². The SMILES string of the molecule is CC(C)(CO)COCc1ccc(Cl)cc1Cl. The van der Waals surface area contributed by atoms with Crippen molar-refractivity contribution in [3.63, 3.8) is 0 Å². The van der Waals surface area contributed by atoms with Gasteiger partial charge in [0.15, 0.2) is 0 Å². The average Bonchev–Trinajstić information content (AvgIpc) is 2.21. The summed E-state index contributed by atoms with van der Waals surface area (Å²) in [6, 6.07) is 5.32. The Balaban J connectivity index is 2.49. The summed E-state index contributed by atoms with van der Waals surface area (Å²) in [5.41, 5.74) is 0.679. The van der Waals surface area contributed by atoms with Crippen molar-refractivity contribution >= 4 is 23.2 Å². The van der Waals surface area contributed by atoms with Crippen molar-refractivity contribution in [3.8, 4) is 0 Å². The molecule has 0 heterocycles. The molecule has 0 amide bonds. The molecule has 0 aliphatic carbocycles. The van der Waals surface area contributed by atoms with E-state index in [0.29, 0.717) is 23.3 Å². The van der Waals surface area contributed by atoms with Crippen LogP contribution in [0.1, 0.15) is 19.4 Å². The third-order valence-electron chi connectivity index (χ3n) is 2.19. The normalized spacial score (nSPS) is 11.8. The Labute approximate surface area is 106 Å². The fourth-order valence-electron chi connectivity index (χ4n) is 1.12. The molecule has 4 heteroatoms. The molecule has 1 aromatic carbocycles. The molecule has 1 N–H and O–H groups in total. The Morgan fingerprint density at radius 3 is 2.56 bits per heavy atom. The fraction of sp³-hybridized carbons (Fsp3) is 0.500. The molecular weight excluding hydrogens is 247 g/mol.